The van der Waals surface area contributed by atoms with E-state index in [2.05, 4.69) is 0 Å². The molecule has 3 nitrogen and oxygen atoms in total. The van der Waals surface area contributed by atoms with Gasteiger partial charge in [-0.3, -0.25) is 4.79 Å². The summed E-state index contributed by atoms with van der Waals surface area (Å²) in [6.07, 6.45) is 6.20. The first-order chi connectivity index (χ1) is 9.49. The van der Waals surface area contributed by atoms with Gasteiger partial charge in [-0.15, -0.1) is 0 Å². The molecule has 1 aromatic rings. The number of carbonyl (C=O) groups is 1. The maximum atomic E-state index is 11.6. The molecule has 1 aliphatic rings. The van der Waals surface area contributed by atoms with E-state index in [-0.39, 0.29) is 11.7 Å². The summed E-state index contributed by atoms with van der Waals surface area (Å²) in [5, 5.41) is 19.2. The average molecular weight is 276 g/mol. The molecule has 0 radical (unpaired) electrons. The molecular weight excluding hydrogens is 252 g/mol. The summed E-state index contributed by atoms with van der Waals surface area (Å²) in [4.78, 5) is 11.6. The van der Waals surface area contributed by atoms with Crippen molar-refractivity contribution in [3.8, 4) is 5.75 Å². The van der Waals surface area contributed by atoms with Crippen molar-refractivity contribution in [2.24, 2.45) is 11.8 Å². The molecule has 0 bridgehead atoms. The molecule has 0 unspecified atom stereocenters. The monoisotopic (exact) mass is 276 g/mol. The molecule has 1 aliphatic carbocycles. The molecule has 1 fully saturated rings. The Balaban J connectivity index is 2.22. The molecule has 1 saturated carbocycles. The molecule has 0 heterocycles. The third kappa shape index (κ3) is 3.33. The molecule has 0 amide bonds. The Labute approximate surface area is 120 Å². The van der Waals surface area contributed by atoms with E-state index in [1.54, 1.807) is 12.1 Å². The van der Waals surface area contributed by atoms with E-state index in [0.717, 1.165) is 42.4 Å². The Morgan fingerprint density at radius 1 is 1.20 bits per heavy atom. The van der Waals surface area contributed by atoms with E-state index in [1.807, 2.05) is 13.8 Å². The number of phenols is 1. The van der Waals surface area contributed by atoms with Crippen LogP contribution >= 0.6 is 0 Å². The number of carboxylic acid groups (broad SMARTS) is 1. The van der Waals surface area contributed by atoms with Crippen molar-refractivity contribution in [1.29, 1.82) is 0 Å². The van der Waals surface area contributed by atoms with Crippen LogP contribution < -0.4 is 0 Å². The van der Waals surface area contributed by atoms with Crippen LogP contribution in [-0.4, -0.2) is 16.2 Å². The van der Waals surface area contributed by atoms with Crippen molar-refractivity contribution in [2.75, 3.05) is 0 Å². The molecule has 2 rings (SSSR count). The minimum atomic E-state index is -0.677. The molecule has 2 N–H and O–H groups in total. The van der Waals surface area contributed by atoms with E-state index >= 15 is 0 Å². The fourth-order valence-corrected chi connectivity index (χ4v) is 3.50. The summed E-state index contributed by atoms with van der Waals surface area (Å²) in [7, 11) is 0. The number of aromatic hydroxyl groups is 1. The predicted molar refractivity (Wildman–Crippen MR) is 79.0 cm³/mol. The van der Waals surface area contributed by atoms with E-state index in [1.165, 1.54) is 6.42 Å². The lowest BCUT2D eigenvalue weighted by Gasteiger charge is -2.28. The summed E-state index contributed by atoms with van der Waals surface area (Å²) >= 11 is 0. The topological polar surface area (TPSA) is 57.5 Å². The zero-order valence-corrected chi connectivity index (χ0v) is 12.4. The summed E-state index contributed by atoms with van der Waals surface area (Å²) in [5.41, 5.74) is 3.06. The zero-order valence-electron chi connectivity index (χ0n) is 12.4. The molecule has 1 aromatic carbocycles. The molecule has 1 atom stereocenters. The Kier molecular flexibility index (Phi) is 4.69. The fourth-order valence-electron chi connectivity index (χ4n) is 3.50. The molecule has 110 valence electrons. The lowest BCUT2D eigenvalue weighted by Crippen LogP contribution is -2.28. The van der Waals surface area contributed by atoms with Gasteiger partial charge in [-0.1, -0.05) is 19.3 Å². The highest BCUT2D eigenvalue weighted by molar-refractivity contribution is 5.71. The molecule has 0 aromatic heterocycles. The van der Waals surface area contributed by atoms with Gasteiger partial charge in [-0.05, 0) is 67.9 Å². The van der Waals surface area contributed by atoms with Crippen LogP contribution in [0.3, 0.4) is 0 Å². The van der Waals surface area contributed by atoms with Crippen LogP contribution in [0.2, 0.25) is 0 Å². The van der Waals surface area contributed by atoms with Crippen LogP contribution in [0.15, 0.2) is 12.1 Å². The standard InChI is InChI=1S/C17H24O3/c1-11-8-14(18)9-12(2)15(11)10-16(17(19)20)13-6-4-3-5-7-13/h8-9,13,16,18H,3-7,10H2,1-2H3,(H,19,20)/t16-/m1/s1. The number of rotatable bonds is 4. The van der Waals surface area contributed by atoms with E-state index in [9.17, 15) is 15.0 Å². The highest BCUT2D eigenvalue weighted by atomic mass is 16.4. The first-order valence-corrected chi connectivity index (χ1v) is 7.51. The zero-order chi connectivity index (χ0) is 14.7. The highest BCUT2D eigenvalue weighted by Crippen LogP contribution is 2.34. The Morgan fingerprint density at radius 3 is 2.25 bits per heavy atom. The maximum absolute atomic E-state index is 11.6. The third-order valence-electron chi connectivity index (χ3n) is 4.64. The number of phenolic OH excluding ortho intramolecular Hbond substituents is 1. The van der Waals surface area contributed by atoms with Crippen LogP contribution in [0.4, 0.5) is 0 Å². The maximum Gasteiger partial charge on any atom is 0.307 e. The molecule has 3 heteroatoms. The molecule has 0 aliphatic heterocycles. The van der Waals surface area contributed by atoms with E-state index in [0.29, 0.717) is 12.3 Å². The number of benzene rings is 1. The minimum absolute atomic E-state index is 0.258. The third-order valence-corrected chi connectivity index (χ3v) is 4.64. The smallest absolute Gasteiger partial charge is 0.307 e. The second kappa shape index (κ2) is 6.29. The molecule has 0 spiro atoms. The van der Waals surface area contributed by atoms with Crippen LogP contribution in [-0.2, 0) is 11.2 Å². The summed E-state index contributed by atoms with van der Waals surface area (Å²) < 4.78 is 0. The van der Waals surface area contributed by atoms with E-state index in [4.69, 9.17) is 0 Å². The summed E-state index contributed by atoms with van der Waals surface area (Å²) in [6, 6.07) is 3.45. The van der Waals surface area contributed by atoms with Gasteiger partial charge in [0, 0.05) is 0 Å². The van der Waals surface area contributed by atoms with Gasteiger partial charge in [0.2, 0.25) is 0 Å². The lowest BCUT2D eigenvalue weighted by molar-refractivity contribution is -0.144. The van der Waals surface area contributed by atoms with Gasteiger partial charge in [0.1, 0.15) is 5.75 Å². The van der Waals surface area contributed by atoms with Crippen LogP contribution in [0.25, 0.3) is 0 Å². The predicted octanol–water partition coefficient (Wildman–Crippen LogP) is 3.83. The van der Waals surface area contributed by atoms with Crippen molar-refractivity contribution in [3.05, 3.63) is 28.8 Å². The number of carboxylic acids is 1. The lowest BCUT2D eigenvalue weighted by atomic mass is 9.76. The number of aliphatic carboxylic acids is 1. The summed E-state index contributed by atoms with van der Waals surface area (Å²) in [6.45, 7) is 3.89. The van der Waals surface area contributed by atoms with Crippen molar-refractivity contribution in [1.82, 2.24) is 0 Å². The molecular formula is C17H24O3. The summed E-state index contributed by atoms with van der Waals surface area (Å²) in [5.74, 6) is -0.414. The average Bonchev–Trinajstić information content (AvgIpc) is 2.38. The fraction of sp³-hybridized carbons (Fsp3) is 0.588. The van der Waals surface area contributed by atoms with Crippen LogP contribution in [0, 0.1) is 25.7 Å². The van der Waals surface area contributed by atoms with Gasteiger partial charge in [0.05, 0.1) is 5.92 Å². The van der Waals surface area contributed by atoms with Crippen LogP contribution in [0.1, 0.15) is 48.8 Å². The van der Waals surface area contributed by atoms with Gasteiger partial charge in [0.15, 0.2) is 0 Å². The Morgan fingerprint density at radius 2 is 1.75 bits per heavy atom. The molecule has 20 heavy (non-hydrogen) atoms. The van der Waals surface area contributed by atoms with Gasteiger partial charge in [-0.25, -0.2) is 0 Å². The van der Waals surface area contributed by atoms with E-state index < -0.39 is 5.97 Å². The quantitative estimate of drug-likeness (QED) is 0.878. The second-order valence-corrected chi connectivity index (χ2v) is 6.11. The highest BCUT2D eigenvalue weighted by Gasteiger charge is 2.30. The van der Waals surface area contributed by atoms with Crippen molar-refractivity contribution in [2.45, 2.75) is 52.4 Å². The Hall–Kier alpha value is -1.51. The van der Waals surface area contributed by atoms with Gasteiger partial charge in [-0.2, -0.15) is 0 Å². The Bertz CT molecular complexity index is 464. The molecule has 0 saturated heterocycles. The first-order valence-electron chi connectivity index (χ1n) is 7.51. The van der Waals surface area contributed by atoms with Crippen LogP contribution in [0.5, 0.6) is 5.75 Å². The first kappa shape index (κ1) is 14.9. The normalized spacial score (nSPS) is 17.9. The number of aryl methyl sites for hydroxylation is 2. The van der Waals surface area contributed by atoms with Gasteiger partial charge >= 0.3 is 5.97 Å². The minimum Gasteiger partial charge on any atom is -0.508 e. The van der Waals surface area contributed by atoms with Crippen molar-refractivity contribution < 1.29 is 15.0 Å². The van der Waals surface area contributed by atoms with Gasteiger partial charge < -0.3 is 10.2 Å². The van der Waals surface area contributed by atoms with Crippen molar-refractivity contribution in [3.63, 3.8) is 0 Å². The number of hydrogen-bond acceptors (Lipinski definition) is 2. The van der Waals surface area contributed by atoms with Crippen molar-refractivity contribution >= 4 is 5.97 Å². The van der Waals surface area contributed by atoms with Gasteiger partial charge in [0.25, 0.3) is 0 Å². The number of hydrogen-bond donors (Lipinski definition) is 2. The SMILES string of the molecule is Cc1cc(O)cc(C)c1C[C@@H](C(=O)O)C1CCCCC1. The largest absolute Gasteiger partial charge is 0.508 e. The second-order valence-electron chi connectivity index (χ2n) is 6.11.